The van der Waals surface area contributed by atoms with E-state index in [1.807, 2.05) is 23.5 Å². The molecule has 3 aromatic rings. The first-order valence-electron chi connectivity index (χ1n) is 13.6. The molecule has 0 spiro atoms. The Morgan fingerprint density at radius 2 is 1.59 bits per heavy atom. The average molecular weight is 641 g/mol. The first-order chi connectivity index (χ1) is 17.6. The van der Waals surface area contributed by atoms with Crippen molar-refractivity contribution in [2.24, 2.45) is 5.41 Å². The van der Waals surface area contributed by atoms with E-state index in [2.05, 4.69) is 111 Å². The molecule has 1 aromatic heterocycles. The zero-order chi connectivity index (χ0) is 28.3. The number of rotatable bonds is 10. The summed E-state index contributed by atoms with van der Waals surface area (Å²) in [5, 5.41) is 0.184. The predicted molar refractivity (Wildman–Crippen MR) is 164 cm³/mol. The summed E-state index contributed by atoms with van der Waals surface area (Å²) in [6.07, 6.45) is 0.0511. The molecule has 3 rings (SSSR count). The molecular formula is C33H47O3SSiY-. The normalized spacial score (nSPS) is 14.0. The van der Waals surface area contributed by atoms with Gasteiger partial charge >= 0.3 is 0 Å². The molecule has 0 bridgehead atoms. The van der Waals surface area contributed by atoms with Gasteiger partial charge in [0.1, 0.15) is 5.75 Å². The molecule has 0 aliphatic heterocycles. The maximum Gasteiger partial charge on any atom is 0.192 e. The zero-order valence-corrected chi connectivity index (χ0v) is 30.6. The first-order valence-corrected chi connectivity index (χ1v) is 17.3. The van der Waals surface area contributed by atoms with Gasteiger partial charge in [-0.3, -0.25) is 11.3 Å². The van der Waals surface area contributed by atoms with Crippen LogP contribution in [0.4, 0.5) is 0 Å². The molecular weight excluding hydrogens is 593 g/mol. The van der Waals surface area contributed by atoms with Crippen molar-refractivity contribution in [2.45, 2.75) is 98.8 Å². The zero-order valence-electron chi connectivity index (χ0n) is 25.9. The van der Waals surface area contributed by atoms with Crippen LogP contribution >= 0.6 is 11.3 Å². The summed E-state index contributed by atoms with van der Waals surface area (Å²) in [6, 6.07) is 20.7. The Kier molecular flexibility index (Phi) is 12.3. The number of benzene rings is 2. The van der Waals surface area contributed by atoms with E-state index in [0.29, 0.717) is 13.2 Å². The summed E-state index contributed by atoms with van der Waals surface area (Å²) >= 11 is 1.85. The fourth-order valence-electron chi connectivity index (χ4n) is 4.46. The van der Waals surface area contributed by atoms with Gasteiger partial charge in [-0.1, -0.05) is 82.3 Å². The molecule has 0 amide bonds. The van der Waals surface area contributed by atoms with Crippen molar-refractivity contribution < 1.29 is 46.6 Å². The Morgan fingerprint density at radius 3 is 2.15 bits per heavy atom. The van der Waals surface area contributed by atoms with Crippen LogP contribution in [0.25, 0.3) is 0 Å². The Morgan fingerprint density at radius 1 is 0.949 bits per heavy atom. The second kappa shape index (κ2) is 13.9. The molecule has 0 N–H and O–H groups in total. The average Bonchev–Trinajstić information content (AvgIpc) is 3.29. The third-order valence-electron chi connectivity index (χ3n) is 7.77. The quantitative estimate of drug-likeness (QED) is 0.163. The number of aryl methyl sites for hydroxylation is 1. The SMILES string of the molecule is COc1ccc(COCc2cc(C(c3c[c-]c(C(C)O[Si](C)(C)C(C)(C)C)s3)C(C)(C)C)ccc2C)cc1.[Y]. The molecule has 0 aliphatic carbocycles. The third kappa shape index (κ3) is 9.08. The third-order valence-corrected chi connectivity index (χ3v) is 13.6. The molecule has 2 atom stereocenters. The molecule has 2 unspecified atom stereocenters. The van der Waals surface area contributed by atoms with Gasteiger partial charge in [-0.15, -0.1) is 4.88 Å². The maximum absolute atomic E-state index is 6.70. The Bertz CT molecular complexity index is 1190. The van der Waals surface area contributed by atoms with E-state index in [-0.39, 0.29) is 55.2 Å². The van der Waals surface area contributed by atoms with Crippen LogP contribution < -0.4 is 4.74 Å². The smallest absolute Gasteiger partial charge is 0.192 e. The van der Waals surface area contributed by atoms with E-state index in [0.717, 1.165) is 11.3 Å². The molecule has 1 radical (unpaired) electrons. The van der Waals surface area contributed by atoms with Gasteiger partial charge in [0, 0.05) is 32.7 Å². The molecule has 0 saturated carbocycles. The fourth-order valence-corrected chi connectivity index (χ4v) is 7.21. The minimum Gasteiger partial charge on any atom is -0.497 e. The van der Waals surface area contributed by atoms with Gasteiger partial charge in [0.2, 0.25) is 0 Å². The van der Waals surface area contributed by atoms with Gasteiger partial charge in [0.05, 0.1) is 26.4 Å². The molecule has 6 heteroatoms. The molecule has 211 valence electrons. The molecule has 39 heavy (non-hydrogen) atoms. The van der Waals surface area contributed by atoms with Gasteiger partial charge in [-0.25, -0.2) is 12.1 Å². The second-order valence-electron chi connectivity index (χ2n) is 13.0. The van der Waals surface area contributed by atoms with Crippen molar-refractivity contribution >= 4 is 19.7 Å². The summed E-state index contributed by atoms with van der Waals surface area (Å²) in [6.45, 7) is 24.0. The molecule has 0 aliphatic rings. The summed E-state index contributed by atoms with van der Waals surface area (Å²) in [7, 11) is -0.174. The van der Waals surface area contributed by atoms with Crippen LogP contribution in [0.3, 0.4) is 0 Å². The van der Waals surface area contributed by atoms with Crippen molar-refractivity contribution in [3.05, 3.63) is 86.6 Å². The fraction of sp³-hybridized carbons (Fsp3) is 0.515. The van der Waals surface area contributed by atoms with E-state index in [4.69, 9.17) is 13.9 Å². The van der Waals surface area contributed by atoms with Crippen LogP contribution in [0.5, 0.6) is 5.75 Å². The Hall–Kier alpha value is -0.819. The van der Waals surface area contributed by atoms with E-state index < -0.39 is 8.32 Å². The predicted octanol–water partition coefficient (Wildman–Crippen LogP) is 9.84. The van der Waals surface area contributed by atoms with Crippen molar-refractivity contribution in [3.63, 3.8) is 0 Å². The van der Waals surface area contributed by atoms with Crippen molar-refractivity contribution in [1.29, 1.82) is 0 Å². The molecule has 3 nitrogen and oxygen atoms in total. The van der Waals surface area contributed by atoms with E-state index in [1.165, 1.54) is 26.4 Å². The minimum absolute atomic E-state index is 0. The van der Waals surface area contributed by atoms with Gasteiger partial charge in [-0.05, 0) is 72.1 Å². The molecule has 0 fully saturated rings. The second-order valence-corrected chi connectivity index (χ2v) is 18.9. The maximum atomic E-state index is 6.70. The van der Waals surface area contributed by atoms with Crippen molar-refractivity contribution in [2.75, 3.05) is 7.11 Å². The minimum atomic E-state index is -1.86. The van der Waals surface area contributed by atoms with Crippen molar-refractivity contribution in [3.8, 4) is 5.75 Å². The molecule has 0 saturated heterocycles. The van der Waals surface area contributed by atoms with Crippen LogP contribution in [0.1, 0.15) is 92.5 Å². The van der Waals surface area contributed by atoms with Crippen LogP contribution in [-0.2, 0) is 55.1 Å². The van der Waals surface area contributed by atoms with Crippen LogP contribution in [-0.4, -0.2) is 15.4 Å². The summed E-state index contributed by atoms with van der Waals surface area (Å²) in [5.74, 6) is 1.12. The monoisotopic (exact) mass is 640 g/mol. The Labute approximate surface area is 268 Å². The number of hydrogen-bond donors (Lipinski definition) is 0. The van der Waals surface area contributed by atoms with Gasteiger partial charge < -0.3 is 13.9 Å². The van der Waals surface area contributed by atoms with Gasteiger partial charge in [-0.2, -0.15) is 0 Å². The molecule has 2 aromatic carbocycles. The van der Waals surface area contributed by atoms with Gasteiger partial charge in [0.15, 0.2) is 8.32 Å². The van der Waals surface area contributed by atoms with E-state index in [1.54, 1.807) is 7.11 Å². The number of thiophene rings is 1. The summed E-state index contributed by atoms with van der Waals surface area (Å²) in [4.78, 5) is 2.53. The largest absolute Gasteiger partial charge is 0.497 e. The number of hydrogen-bond acceptors (Lipinski definition) is 4. The summed E-state index contributed by atoms with van der Waals surface area (Å²) < 4.78 is 18.1. The topological polar surface area (TPSA) is 27.7 Å². The van der Waals surface area contributed by atoms with Gasteiger partial charge in [0.25, 0.3) is 0 Å². The Balaban J connectivity index is 0.00000533. The van der Waals surface area contributed by atoms with Crippen LogP contribution in [0.2, 0.25) is 18.1 Å². The number of methoxy groups -OCH3 is 1. The number of ether oxygens (including phenoxy) is 2. The van der Waals surface area contributed by atoms with Crippen molar-refractivity contribution in [1.82, 2.24) is 0 Å². The molecule has 1 heterocycles. The standard InChI is InChI=1S/C33H47O3SSi.Y/c1-23-12-15-26(20-27(23)22-35-21-25-13-16-28(34-9)17-14-25)31(32(3,4)5)30-19-18-29(37-30)24(2)36-38(10,11)33(6,7)8;/h12-17,19-20,24,31H,21-22H2,1-11H3;/q-1;. The van der Waals surface area contributed by atoms with E-state index in [9.17, 15) is 0 Å². The first kappa shape index (κ1) is 34.4. The van der Waals surface area contributed by atoms with E-state index >= 15 is 0 Å². The van der Waals surface area contributed by atoms with Crippen LogP contribution in [0.15, 0.2) is 48.5 Å². The summed E-state index contributed by atoms with van der Waals surface area (Å²) in [5.41, 5.74) is 5.01. The van der Waals surface area contributed by atoms with Crippen LogP contribution in [0, 0.1) is 18.4 Å².